The molecule has 0 bridgehead atoms. The molecule has 1 aromatic heterocycles. The Morgan fingerprint density at radius 2 is 2.13 bits per heavy atom. The second-order valence-corrected chi connectivity index (χ2v) is 5.86. The molecule has 0 fully saturated rings. The summed E-state index contributed by atoms with van der Waals surface area (Å²) in [4.78, 5) is 12.9. The van der Waals surface area contributed by atoms with Crippen LogP contribution in [-0.2, 0) is 9.53 Å². The maximum atomic E-state index is 11.6. The number of H-pyrrole nitrogens is 1. The van der Waals surface area contributed by atoms with E-state index < -0.39 is 0 Å². The Morgan fingerprint density at radius 1 is 1.30 bits per heavy atom. The summed E-state index contributed by atoms with van der Waals surface area (Å²) in [6.45, 7) is 0.00748. The van der Waals surface area contributed by atoms with Gasteiger partial charge in [-0.15, -0.1) is 11.8 Å². The lowest BCUT2D eigenvalue weighted by atomic mass is 10.0. The van der Waals surface area contributed by atoms with Gasteiger partial charge in [0, 0.05) is 17.4 Å². The molecule has 3 rings (SSSR count). The molecular weight excluding hydrogens is 310 g/mol. The minimum Gasteiger partial charge on any atom is -0.375 e. The zero-order chi connectivity index (χ0) is 16.2. The number of amides is 1. The van der Waals surface area contributed by atoms with Crippen molar-refractivity contribution in [1.29, 1.82) is 0 Å². The molecule has 3 aromatic rings. The number of nitrogens with zero attached hydrogens (tertiary/aromatic N) is 1. The lowest BCUT2D eigenvalue weighted by Crippen LogP contribution is -2.17. The van der Waals surface area contributed by atoms with E-state index in [1.54, 1.807) is 11.8 Å². The van der Waals surface area contributed by atoms with E-state index in [4.69, 9.17) is 4.74 Å². The molecule has 0 spiro atoms. The first-order chi connectivity index (χ1) is 11.2. The smallest absolute Gasteiger partial charge is 0.251 e. The van der Waals surface area contributed by atoms with Gasteiger partial charge in [-0.1, -0.05) is 24.3 Å². The monoisotopic (exact) mass is 327 g/mol. The summed E-state index contributed by atoms with van der Waals surface area (Å²) in [5, 5.41) is 10.8. The van der Waals surface area contributed by atoms with E-state index in [0.717, 1.165) is 16.5 Å². The SMILES string of the molecule is COCC(=O)Nc1n[nH]c2cc(-c3ccccc3SC)ccc12. The number of nitrogens with one attached hydrogen (secondary N) is 2. The van der Waals surface area contributed by atoms with E-state index in [1.807, 2.05) is 30.3 Å². The summed E-state index contributed by atoms with van der Waals surface area (Å²) in [7, 11) is 1.48. The van der Waals surface area contributed by atoms with Crippen LogP contribution < -0.4 is 5.32 Å². The van der Waals surface area contributed by atoms with Gasteiger partial charge in [-0.3, -0.25) is 9.89 Å². The first-order valence-electron chi connectivity index (χ1n) is 7.13. The van der Waals surface area contributed by atoms with Gasteiger partial charge in [0.25, 0.3) is 5.91 Å². The molecule has 0 unspecified atom stereocenters. The first kappa shape index (κ1) is 15.6. The van der Waals surface area contributed by atoms with E-state index in [9.17, 15) is 4.79 Å². The van der Waals surface area contributed by atoms with Crippen LogP contribution in [0.3, 0.4) is 0 Å². The molecule has 0 radical (unpaired) electrons. The second kappa shape index (κ2) is 6.85. The van der Waals surface area contributed by atoms with Gasteiger partial charge in [0.1, 0.15) is 6.61 Å². The van der Waals surface area contributed by atoms with Crippen molar-refractivity contribution < 1.29 is 9.53 Å². The van der Waals surface area contributed by atoms with E-state index in [1.165, 1.54) is 17.6 Å². The fourth-order valence-electron chi connectivity index (χ4n) is 2.46. The minimum atomic E-state index is -0.224. The third-order valence-electron chi connectivity index (χ3n) is 3.51. The van der Waals surface area contributed by atoms with Crippen LogP contribution in [0.5, 0.6) is 0 Å². The molecular formula is C17H17N3O2S. The Morgan fingerprint density at radius 3 is 2.91 bits per heavy atom. The molecule has 1 heterocycles. The number of rotatable bonds is 5. The largest absolute Gasteiger partial charge is 0.375 e. The molecule has 1 amide bonds. The highest BCUT2D eigenvalue weighted by Gasteiger charge is 2.11. The van der Waals surface area contributed by atoms with E-state index in [-0.39, 0.29) is 12.5 Å². The Labute approximate surface area is 138 Å². The first-order valence-corrected chi connectivity index (χ1v) is 8.35. The number of hydrogen-bond donors (Lipinski definition) is 2. The Bertz CT molecular complexity index is 845. The predicted octanol–water partition coefficient (Wildman–Crippen LogP) is 3.54. The molecule has 23 heavy (non-hydrogen) atoms. The highest BCUT2D eigenvalue weighted by Crippen LogP contribution is 2.32. The number of fused-ring (bicyclic) bond motifs is 1. The summed E-state index contributed by atoms with van der Waals surface area (Å²) in [5.41, 5.74) is 3.17. The quantitative estimate of drug-likeness (QED) is 0.704. The highest BCUT2D eigenvalue weighted by molar-refractivity contribution is 7.98. The number of thioether (sulfide) groups is 1. The fraction of sp³-hybridized carbons (Fsp3) is 0.176. The third kappa shape index (κ3) is 3.23. The summed E-state index contributed by atoms with van der Waals surface area (Å²) >= 11 is 1.72. The second-order valence-electron chi connectivity index (χ2n) is 5.01. The Balaban J connectivity index is 1.96. The zero-order valence-electron chi connectivity index (χ0n) is 12.9. The number of aromatic amines is 1. The van der Waals surface area contributed by atoms with Crippen LogP contribution in [0.25, 0.3) is 22.0 Å². The van der Waals surface area contributed by atoms with Crippen LogP contribution in [0.15, 0.2) is 47.4 Å². The van der Waals surface area contributed by atoms with E-state index in [0.29, 0.717) is 5.82 Å². The molecule has 0 aliphatic heterocycles. The van der Waals surface area contributed by atoms with Crippen LogP contribution in [0.4, 0.5) is 5.82 Å². The number of methoxy groups -OCH3 is 1. The van der Waals surface area contributed by atoms with Crippen LogP contribution in [-0.4, -0.2) is 36.1 Å². The van der Waals surface area contributed by atoms with Crippen molar-refractivity contribution in [2.45, 2.75) is 4.90 Å². The summed E-state index contributed by atoms with van der Waals surface area (Å²) in [5.74, 6) is 0.296. The van der Waals surface area contributed by atoms with Gasteiger partial charge in [-0.05, 0) is 35.6 Å². The van der Waals surface area contributed by atoms with Gasteiger partial charge in [0.2, 0.25) is 0 Å². The highest BCUT2D eigenvalue weighted by atomic mass is 32.2. The molecule has 5 nitrogen and oxygen atoms in total. The number of benzene rings is 2. The van der Waals surface area contributed by atoms with Crippen molar-refractivity contribution in [3.63, 3.8) is 0 Å². The number of hydrogen-bond acceptors (Lipinski definition) is 4. The number of anilines is 1. The molecule has 0 aliphatic rings. The third-order valence-corrected chi connectivity index (χ3v) is 4.31. The average molecular weight is 327 g/mol. The topological polar surface area (TPSA) is 67.0 Å². The van der Waals surface area contributed by atoms with Crippen LogP contribution in [0.2, 0.25) is 0 Å². The molecule has 0 aliphatic carbocycles. The minimum absolute atomic E-state index is 0.00748. The van der Waals surface area contributed by atoms with Crippen molar-refractivity contribution in [3.8, 4) is 11.1 Å². The molecule has 0 saturated carbocycles. The summed E-state index contributed by atoms with van der Waals surface area (Å²) in [6, 6.07) is 14.3. The van der Waals surface area contributed by atoms with Crippen molar-refractivity contribution >= 4 is 34.4 Å². The van der Waals surface area contributed by atoms with Crippen LogP contribution >= 0.6 is 11.8 Å². The number of aromatic nitrogens is 2. The summed E-state index contributed by atoms with van der Waals surface area (Å²) < 4.78 is 4.81. The van der Waals surface area contributed by atoms with Crippen molar-refractivity contribution in [1.82, 2.24) is 10.2 Å². The fourth-order valence-corrected chi connectivity index (χ4v) is 3.09. The number of carbonyl (C=O) groups excluding carboxylic acids is 1. The molecule has 2 N–H and O–H groups in total. The van der Waals surface area contributed by atoms with Gasteiger partial charge < -0.3 is 10.1 Å². The zero-order valence-corrected chi connectivity index (χ0v) is 13.7. The molecule has 118 valence electrons. The molecule has 6 heteroatoms. The van der Waals surface area contributed by atoms with Gasteiger partial charge in [0.15, 0.2) is 5.82 Å². The van der Waals surface area contributed by atoms with E-state index >= 15 is 0 Å². The Kier molecular flexibility index (Phi) is 4.64. The van der Waals surface area contributed by atoms with Crippen LogP contribution in [0, 0.1) is 0 Å². The van der Waals surface area contributed by atoms with Gasteiger partial charge in [-0.2, -0.15) is 5.10 Å². The van der Waals surface area contributed by atoms with Gasteiger partial charge in [0.05, 0.1) is 5.52 Å². The standard InChI is InChI=1S/C17H17N3O2S/c1-22-10-16(21)18-17-13-8-7-11(9-14(13)19-20-17)12-5-3-4-6-15(12)23-2/h3-9H,10H2,1-2H3,(H2,18,19,20,21). The number of carbonyl (C=O) groups is 1. The summed E-state index contributed by atoms with van der Waals surface area (Å²) in [6.07, 6.45) is 2.07. The van der Waals surface area contributed by atoms with Crippen molar-refractivity contribution in [2.24, 2.45) is 0 Å². The normalized spacial score (nSPS) is 10.9. The van der Waals surface area contributed by atoms with Crippen molar-refractivity contribution in [2.75, 3.05) is 25.3 Å². The van der Waals surface area contributed by atoms with Crippen LogP contribution in [0.1, 0.15) is 0 Å². The lowest BCUT2D eigenvalue weighted by molar-refractivity contribution is -0.119. The lowest BCUT2D eigenvalue weighted by Gasteiger charge is -2.07. The van der Waals surface area contributed by atoms with Gasteiger partial charge >= 0.3 is 0 Å². The average Bonchev–Trinajstić information content (AvgIpc) is 2.97. The molecule has 0 atom stereocenters. The number of ether oxygens (including phenoxy) is 1. The molecule has 2 aromatic carbocycles. The predicted molar refractivity (Wildman–Crippen MR) is 93.8 cm³/mol. The van der Waals surface area contributed by atoms with Gasteiger partial charge in [-0.25, -0.2) is 0 Å². The maximum Gasteiger partial charge on any atom is 0.251 e. The van der Waals surface area contributed by atoms with E-state index in [2.05, 4.69) is 33.9 Å². The maximum absolute atomic E-state index is 11.6. The van der Waals surface area contributed by atoms with Crippen molar-refractivity contribution in [3.05, 3.63) is 42.5 Å². The molecule has 0 saturated heterocycles. The Hall–Kier alpha value is -2.31.